The maximum absolute atomic E-state index is 10.7. The lowest BCUT2D eigenvalue weighted by atomic mass is 10.2. The Morgan fingerprint density at radius 1 is 1.00 bits per heavy atom. The van der Waals surface area contributed by atoms with E-state index >= 15 is 0 Å². The molecule has 2 rings (SSSR count). The first kappa shape index (κ1) is 16.2. The van der Waals surface area contributed by atoms with Crippen molar-refractivity contribution in [1.29, 1.82) is 0 Å². The molecule has 0 saturated heterocycles. The molecule has 0 atom stereocenters. The van der Waals surface area contributed by atoms with E-state index in [2.05, 4.69) is 0 Å². The summed E-state index contributed by atoms with van der Waals surface area (Å²) in [6, 6.07) is 10.6. The second-order valence-electron chi connectivity index (χ2n) is 4.66. The van der Waals surface area contributed by atoms with Gasteiger partial charge in [0.25, 0.3) is 0 Å². The minimum absolute atomic E-state index is 0.334. The molecule has 0 aromatic heterocycles. The minimum Gasteiger partial charge on any atom is -0.493 e. The van der Waals surface area contributed by atoms with Gasteiger partial charge in [0.1, 0.15) is 25.2 Å². The smallest absolute Gasteiger partial charge is 0.161 e. The summed E-state index contributed by atoms with van der Waals surface area (Å²) in [5.74, 6) is 1.70. The van der Waals surface area contributed by atoms with Crippen LogP contribution in [0.1, 0.15) is 15.9 Å². The number of hydrogen-bond acceptors (Lipinski definition) is 4. The predicted molar refractivity (Wildman–Crippen MR) is 85.6 cm³/mol. The average molecular weight is 321 g/mol. The molecule has 0 bridgehead atoms. The van der Waals surface area contributed by atoms with Gasteiger partial charge in [0.2, 0.25) is 0 Å². The number of halogens is 1. The fraction of sp³-hybridized carbons (Fsp3) is 0.235. The number of methoxy groups -OCH3 is 1. The van der Waals surface area contributed by atoms with Crippen molar-refractivity contribution in [3.8, 4) is 17.2 Å². The van der Waals surface area contributed by atoms with Crippen LogP contribution in [-0.4, -0.2) is 26.6 Å². The van der Waals surface area contributed by atoms with Crippen LogP contribution < -0.4 is 14.2 Å². The monoisotopic (exact) mass is 320 g/mol. The van der Waals surface area contributed by atoms with E-state index in [-0.39, 0.29) is 0 Å². The molecule has 22 heavy (non-hydrogen) atoms. The zero-order valence-corrected chi connectivity index (χ0v) is 13.2. The lowest BCUT2D eigenvalue weighted by Gasteiger charge is -2.12. The Bertz CT molecular complexity index is 655. The lowest BCUT2D eigenvalue weighted by Crippen LogP contribution is -2.10. The van der Waals surface area contributed by atoms with Gasteiger partial charge in [-0.05, 0) is 42.8 Å². The third-order valence-corrected chi connectivity index (χ3v) is 3.30. The summed E-state index contributed by atoms with van der Waals surface area (Å²) in [5, 5.41) is 0.577. The molecule has 0 amide bonds. The highest BCUT2D eigenvalue weighted by molar-refractivity contribution is 6.32. The first-order valence-corrected chi connectivity index (χ1v) is 7.17. The first-order valence-electron chi connectivity index (χ1n) is 6.79. The molecular formula is C17H17ClO4. The molecule has 0 N–H and O–H groups in total. The maximum atomic E-state index is 10.7. The summed E-state index contributed by atoms with van der Waals surface area (Å²) in [5.41, 5.74) is 1.61. The average Bonchev–Trinajstić information content (AvgIpc) is 2.53. The molecule has 0 fully saturated rings. The van der Waals surface area contributed by atoms with Crippen LogP contribution in [0.25, 0.3) is 0 Å². The molecule has 4 nitrogen and oxygen atoms in total. The standard InChI is InChI=1S/C17H17ClO4/c1-12-3-5-15(14(18)9-12)21-7-8-22-16-6-4-13(11-19)10-17(16)20-2/h3-6,9-11H,7-8H2,1-2H3. The van der Waals surface area contributed by atoms with Crippen molar-refractivity contribution in [2.24, 2.45) is 0 Å². The quantitative estimate of drug-likeness (QED) is 0.573. The number of aryl methyl sites for hydroxylation is 1. The third kappa shape index (κ3) is 4.15. The Labute approximate surface area is 134 Å². The van der Waals surface area contributed by atoms with Crippen LogP contribution in [0.3, 0.4) is 0 Å². The van der Waals surface area contributed by atoms with Gasteiger partial charge in [-0.3, -0.25) is 4.79 Å². The van der Waals surface area contributed by atoms with Crippen molar-refractivity contribution in [3.63, 3.8) is 0 Å². The van der Waals surface area contributed by atoms with Crippen LogP contribution >= 0.6 is 11.6 Å². The van der Waals surface area contributed by atoms with Crippen LogP contribution in [0, 0.1) is 6.92 Å². The van der Waals surface area contributed by atoms with Gasteiger partial charge in [0.15, 0.2) is 11.5 Å². The highest BCUT2D eigenvalue weighted by atomic mass is 35.5. The molecule has 5 heteroatoms. The Balaban J connectivity index is 1.90. The summed E-state index contributed by atoms with van der Waals surface area (Å²) in [6.45, 7) is 2.65. The molecule has 2 aromatic rings. The topological polar surface area (TPSA) is 44.8 Å². The van der Waals surface area contributed by atoms with E-state index in [1.807, 2.05) is 25.1 Å². The molecule has 0 spiro atoms. The molecule has 0 aliphatic rings. The maximum Gasteiger partial charge on any atom is 0.161 e. The van der Waals surface area contributed by atoms with E-state index in [1.54, 1.807) is 18.2 Å². The van der Waals surface area contributed by atoms with Gasteiger partial charge in [-0.25, -0.2) is 0 Å². The second-order valence-corrected chi connectivity index (χ2v) is 5.07. The lowest BCUT2D eigenvalue weighted by molar-refractivity contribution is 0.112. The fourth-order valence-electron chi connectivity index (χ4n) is 1.90. The Morgan fingerprint density at radius 3 is 2.32 bits per heavy atom. The number of ether oxygens (including phenoxy) is 3. The molecule has 0 aliphatic heterocycles. The van der Waals surface area contributed by atoms with Gasteiger partial charge in [-0.15, -0.1) is 0 Å². The molecular weight excluding hydrogens is 304 g/mol. The normalized spacial score (nSPS) is 10.1. The minimum atomic E-state index is 0.334. The number of benzene rings is 2. The highest BCUT2D eigenvalue weighted by Crippen LogP contribution is 2.28. The Morgan fingerprint density at radius 2 is 1.68 bits per heavy atom. The number of carbonyl (C=O) groups is 1. The molecule has 0 unspecified atom stereocenters. The van der Waals surface area contributed by atoms with Gasteiger partial charge >= 0.3 is 0 Å². The molecule has 2 aromatic carbocycles. The zero-order chi connectivity index (χ0) is 15.9. The summed E-state index contributed by atoms with van der Waals surface area (Å²) in [6.07, 6.45) is 0.759. The zero-order valence-electron chi connectivity index (χ0n) is 12.5. The van der Waals surface area contributed by atoms with E-state index in [9.17, 15) is 4.79 Å². The Hall–Kier alpha value is -2.20. The van der Waals surface area contributed by atoms with E-state index < -0.39 is 0 Å². The molecule has 0 saturated carbocycles. The molecule has 116 valence electrons. The fourth-order valence-corrected chi connectivity index (χ4v) is 2.19. The second kappa shape index (κ2) is 7.71. The summed E-state index contributed by atoms with van der Waals surface area (Å²) < 4.78 is 16.4. The first-order chi connectivity index (χ1) is 10.6. The van der Waals surface area contributed by atoms with Crippen LogP contribution in [-0.2, 0) is 0 Å². The Kier molecular flexibility index (Phi) is 5.67. The van der Waals surface area contributed by atoms with Gasteiger partial charge in [0, 0.05) is 5.56 Å². The largest absolute Gasteiger partial charge is 0.493 e. The summed E-state index contributed by atoms with van der Waals surface area (Å²) in [4.78, 5) is 10.7. The molecule has 0 heterocycles. The van der Waals surface area contributed by atoms with Gasteiger partial charge in [-0.2, -0.15) is 0 Å². The van der Waals surface area contributed by atoms with Crippen LogP contribution in [0.4, 0.5) is 0 Å². The van der Waals surface area contributed by atoms with Crippen molar-refractivity contribution in [2.75, 3.05) is 20.3 Å². The summed E-state index contributed by atoms with van der Waals surface area (Å²) >= 11 is 6.09. The summed E-state index contributed by atoms with van der Waals surface area (Å²) in [7, 11) is 1.53. The van der Waals surface area contributed by atoms with Crippen LogP contribution in [0.2, 0.25) is 5.02 Å². The van der Waals surface area contributed by atoms with E-state index in [4.69, 9.17) is 25.8 Å². The van der Waals surface area contributed by atoms with Gasteiger partial charge in [0.05, 0.1) is 12.1 Å². The third-order valence-electron chi connectivity index (χ3n) is 3.01. The van der Waals surface area contributed by atoms with Crippen LogP contribution in [0.5, 0.6) is 17.2 Å². The number of carbonyl (C=O) groups excluding carboxylic acids is 1. The molecule has 0 radical (unpaired) electrons. The van der Waals surface area contributed by atoms with Gasteiger partial charge < -0.3 is 14.2 Å². The van der Waals surface area contributed by atoms with Crippen molar-refractivity contribution in [3.05, 3.63) is 52.5 Å². The van der Waals surface area contributed by atoms with Crippen molar-refractivity contribution < 1.29 is 19.0 Å². The van der Waals surface area contributed by atoms with Crippen molar-refractivity contribution in [1.82, 2.24) is 0 Å². The van der Waals surface area contributed by atoms with E-state index in [1.165, 1.54) is 7.11 Å². The number of aldehydes is 1. The number of hydrogen-bond donors (Lipinski definition) is 0. The van der Waals surface area contributed by atoms with E-state index in [0.717, 1.165) is 11.8 Å². The highest BCUT2D eigenvalue weighted by Gasteiger charge is 2.06. The van der Waals surface area contributed by atoms with Crippen molar-refractivity contribution in [2.45, 2.75) is 6.92 Å². The SMILES string of the molecule is COc1cc(C=O)ccc1OCCOc1ccc(C)cc1Cl. The predicted octanol–water partition coefficient (Wildman–Crippen LogP) is 3.93. The number of rotatable bonds is 7. The van der Waals surface area contributed by atoms with E-state index in [0.29, 0.717) is 41.0 Å². The van der Waals surface area contributed by atoms with Crippen molar-refractivity contribution >= 4 is 17.9 Å². The molecule has 0 aliphatic carbocycles. The van der Waals surface area contributed by atoms with Gasteiger partial charge in [-0.1, -0.05) is 17.7 Å². The van der Waals surface area contributed by atoms with Crippen LogP contribution in [0.15, 0.2) is 36.4 Å².